The highest BCUT2D eigenvalue weighted by Crippen LogP contribution is 2.12. The smallest absolute Gasteiger partial charge is 0.247 e. The Bertz CT molecular complexity index is 399. The second-order valence-corrected chi connectivity index (χ2v) is 4.94. The van der Waals surface area contributed by atoms with Crippen molar-refractivity contribution < 1.29 is 14.3 Å². The lowest BCUT2D eigenvalue weighted by atomic mass is 10.2. The molecule has 1 amide bonds. The predicted octanol–water partition coefficient (Wildman–Crippen LogP) is 1.02. The third kappa shape index (κ3) is 8.61. The van der Waals surface area contributed by atoms with Crippen LogP contribution in [0.2, 0.25) is 0 Å². The van der Waals surface area contributed by atoms with Gasteiger partial charge in [0.1, 0.15) is 12.4 Å². The average molecular weight is 311 g/mol. The molecular weight excluding hydrogens is 282 g/mol. The molecule has 0 aliphatic heterocycles. The van der Waals surface area contributed by atoms with E-state index in [1.807, 2.05) is 32.0 Å². The van der Waals surface area contributed by atoms with E-state index in [-0.39, 0.29) is 12.0 Å². The summed E-state index contributed by atoms with van der Waals surface area (Å²) in [5.41, 5.74) is 6.23. The summed E-state index contributed by atoms with van der Waals surface area (Å²) >= 11 is 0. The monoisotopic (exact) mass is 311 g/mol. The molecule has 22 heavy (non-hydrogen) atoms. The van der Waals surface area contributed by atoms with Gasteiger partial charge >= 0.3 is 0 Å². The second-order valence-electron chi connectivity index (χ2n) is 4.94. The Hall–Kier alpha value is -1.63. The Labute approximate surface area is 133 Å². The summed E-state index contributed by atoms with van der Waals surface area (Å²) in [6.07, 6.45) is 5.41. The van der Waals surface area contributed by atoms with Crippen molar-refractivity contribution in [2.24, 2.45) is 5.73 Å². The van der Waals surface area contributed by atoms with Gasteiger partial charge in [0.2, 0.25) is 5.91 Å². The van der Waals surface area contributed by atoms with Crippen LogP contribution < -0.4 is 11.1 Å². The summed E-state index contributed by atoms with van der Waals surface area (Å²) in [5.74, 6) is 0.326. The largest absolute Gasteiger partial charge is 0.490 e. The molecule has 0 spiro atoms. The van der Waals surface area contributed by atoms with Crippen molar-refractivity contribution in [2.45, 2.75) is 19.4 Å². The summed E-state index contributed by atoms with van der Waals surface area (Å²) in [6, 6.07) is 0. The molecule has 1 atom stereocenters. The number of nitrogens with one attached hydrogen (secondary N) is 1. The van der Waals surface area contributed by atoms with Gasteiger partial charge in [0.25, 0.3) is 0 Å². The zero-order valence-corrected chi connectivity index (χ0v) is 14.1. The lowest BCUT2D eigenvalue weighted by molar-refractivity contribution is -0.115. The van der Waals surface area contributed by atoms with Gasteiger partial charge in [-0.05, 0) is 39.6 Å². The van der Waals surface area contributed by atoms with E-state index in [1.165, 1.54) is 6.08 Å². The van der Waals surface area contributed by atoms with E-state index in [2.05, 4.69) is 11.9 Å². The highest BCUT2D eigenvalue weighted by molar-refractivity contribution is 5.88. The van der Waals surface area contributed by atoms with Gasteiger partial charge in [-0.1, -0.05) is 12.7 Å². The highest BCUT2D eigenvalue weighted by atomic mass is 16.5. The molecule has 1 unspecified atom stereocenters. The Morgan fingerprint density at radius 3 is 2.59 bits per heavy atom. The van der Waals surface area contributed by atoms with E-state index >= 15 is 0 Å². The predicted molar refractivity (Wildman–Crippen MR) is 89.2 cm³/mol. The second kappa shape index (κ2) is 12.0. The maximum absolute atomic E-state index is 11.5. The number of nitrogens with two attached hydrogens (primary N) is 1. The topological polar surface area (TPSA) is 76.8 Å². The first-order valence-corrected chi connectivity index (χ1v) is 7.29. The fourth-order valence-electron chi connectivity index (χ4n) is 1.57. The van der Waals surface area contributed by atoms with Gasteiger partial charge in [-0.3, -0.25) is 4.79 Å². The van der Waals surface area contributed by atoms with Crippen LogP contribution in [0.15, 0.2) is 36.3 Å². The van der Waals surface area contributed by atoms with Crippen LogP contribution in [0, 0.1) is 0 Å². The molecule has 0 radical (unpaired) electrons. The number of ether oxygens (including phenoxy) is 2. The molecule has 0 aromatic rings. The molecule has 0 aliphatic carbocycles. The molecular formula is C16H29N3O3. The SMILES string of the molecule is C=CC(=O)NC(=C/C)/C(=C\CC(CN)OC)OCCN(C)C. The number of likely N-dealkylation sites (N-methyl/N-ethyl adjacent to an activating group) is 1. The number of hydrogen-bond acceptors (Lipinski definition) is 5. The first kappa shape index (κ1) is 20.4. The fourth-order valence-corrected chi connectivity index (χ4v) is 1.57. The van der Waals surface area contributed by atoms with Crippen LogP contribution in [0.4, 0.5) is 0 Å². The van der Waals surface area contributed by atoms with E-state index in [9.17, 15) is 4.79 Å². The maximum Gasteiger partial charge on any atom is 0.247 e. The van der Waals surface area contributed by atoms with Crippen molar-refractivity contribution >= 4 is 5.91 Å². The summed E-state index contributed by atoms with van der Waals surface area (Å²) < 4.78 is 11.0. The van der Waals surface area contributed by atoms with Crippen LogP contribution >= 0.6 is 0 Å². The van der Waals surface area contributed by atoms with E-state index < -0.39 is 0 Å². The Balaban J connectivity index is 4.98. The van der Waals surface area contributed by atoms with Crippen molar-refractivity contribution in [3.63, 3.8) is 0 Å². The van der Waals surface area contributed by atoms with Crippen molar-refractivity contribution in [2.75, 3.05) is 40.9 Å². The van der Waals surface area contributed by atoms with Gasteiger partial charge in [-0.2, -0.15) is 0 Å². The number of carbonyl (C=O) groups is 1. The average Bonchev–Trinajstić information content (AvgIpc) is 2.51. The van der Waals surface area contributed by atoms with Crippen LogP contribution in [0.25, 0.3) is 0 Å². The van der Waals surface area contributed by atoms with Gasteiger partial charge in [0.15, 0.2) is 0 Å². The molecule has 0 aliphatic rings. The van der Waals surface area contributed by atoms with Crippen LogP contribution in [0.5, 0.6) is 0 Å². The highest BCUT2D eigenvalue weighted by Gasteiger charge is 2.10. The Morgan fingerprint density at radius 2 is 2.14 bits per heavy atom. The molecule has 0 aromatic heterocycles. The van der Waals surface area contributed by atoms with Gasteiger partial charge in [0.05, 0.1) is 11.8 Å². The molecule has 0 saturated heterocycles. The number of allylic oxidation sites excluding steroid dienone is 1. The molecule has 0 rings (SSSR count). The molecule has 3 N–H and O–H groups in total. The molecule has 0 heterocycles. The molecule has 6 heteroatoms. The van der Waals surface area contributed by atoms with Crippen LogP contribution in [0.3, 0.4) is 0 Å². The molecule has 0 bridgehead atoms. The zero-order chi connectivity index (χ0) is 17.0. The standard InChI is InChI=1S/C16H29N3O3/c1-6-14(18-16(20)7-2)15(22-11-10-19(3)4)9-8-13(12-17)21-5/h6-7,9,13H,2,8,10-12,17H2,1,3-5H3,(H,18,20)/b14-6+,15-9+. The maximum atomic E-state index is 11.5. The van der Waals surface area contributed by atoms with E-state index in [0.717, 1.165) is 6.54 Å². The lowest BCUT2D eigenvalue weighted by Gasteiger charge is -2.17. The quantitative estimate of drug-likeness (QED) is 0.338. The van der Waals surface area contributed by atoms with Gasteiger partial charge < -0.3 is 25.4 Å². The van der Waals surface area contributed by atoms with E-state index in [4.69, 9.17) is 15.2 Å². The third-order valence-electron chi connectivity index (χ3n) is 2.96. The van der Waals surface area contributed by atoms with Crippen LogP contribution in [-0.4, -0.2) is 57.8 Å². The van der Waals surface area contributed by atoms with Crippen molar-refractivity contribution in [1.29, 1.82) is 0 Å². The van der Waals surface area contributed by atoms with E-state index in [1.54, 1.807) is 13.2 Å². The number of rotatable bonds is 11. The minimum Gasteiger partial charge on any atom is -0.490 e. The number of hydrogen-bond donors (Lipinski definition) is 2. The normalized spacial score (nSPS) is 13.9. The Morgan fingerprint density at radius 1 is 1.45 bits per heavy atom. The molecule has 126 valence electrons. The number of methoxy groups -OCH3 is 1. The number of carbonyl (C=O) groups excluding carboxylic acids is 1. The van der Waals surface area contributed by atoms with E-state index in [0.29, 0.717) is 31.0 Å². The summed E-state index contributed by atoms with van der Waals surface area (Å²) in [4.78, 5) is 13.5. The summed E-state index contributed by atoms with van der Waals surface area (Å²) in [5, 5.41) is 2.74. The fraction of sp³-hybridized carbons (Fsp3) is 0.562. The zero-order valence-electron chi connectivity index (χ0n) is 14.1. The molecule has 0 saturated carbocycles. The summed E-state index contributed by atoms with van der Waals surface area (Å²) in [7, 11) is 5.56. The minimum atomic E-state index is -0.280. The minimum absolute atomic E-state index is 0.0827. The molecule has 0 fully saturated rings. The van der Waals surface area contributed by atoms with Crippen LogP contribution in [-0.2, 0) is 14.3 Å². The van der Waals surface area contributed by atoms with Gasteiger partial charge in [0, 0.05) is 20.2 Å². The Kier molecular flexibility index (Phi) is 11.1. The lowest BCUT2D eigenvalue weighted by Crippen LogP contribution is -2.25. The summed E-state index contributed by atoms with van der Waals surface area (Å²) in [6.45, 7) is 6.99. The van der Waals surface area contributed by atoms with Gasteiger partial charge in [-0.15, -0.1) is 0 Å². The van der Waals surface area contributed by atoms with Crippen molar-refractivity contribution in [3.05, 3.63) is 36.3 Å². The first-order valence-electron chi connectivity index (χ1n) is 7.29. The van der Waals surface area contributed by atoms with Crippen molar-refractivity contribution in [1.82, 2.24) is 10.2 Å². The third-order valence-corrected chi connectivity index (χ3v) is 2.96. The molecule has 0 aromatic carbocycles. The first-order chi connectivity index (χ1) is 10.5. The number of amides is 1. The van der Waals surface area contributed by atoms with Gasteiger partial charge in [-0.25, -0.2) is 0 Å². The van der Waals surface area contributed by atoms with Crippen molar-refractivity contribution in [3.8, 4) is 0 Å². The molecule has 6 nitrogen and oxygen atoms in total. The van der Waals surface area contributed by atoms with Crippen LogP contribution in [0.1, 0.15) is 13.3 Å². The number of nitrogens with zero attached hydrogens (tertiary/aromatic N) is 1.